The smallest absolute Gasteiger partial charge is 0.106 e. The summed E-state index contributed by atoms with van der Waals surface area (Å²) in [5, 5.41) is 0.636. The van der Waals surface area contributed by atoms with Crippen LogP contribution in [0.15, 0.2) is 42.5 Å². The lowest BCUT2D eigenvalue weighted by atomic mass is 10.1. The normalized spacial score (nSPS) is 10.3. The van der Waals surface area contributed by atoms with Crippen molar-refractivity contribution in [3.05, 3.63) is 58.6 Å². The van der Waals surface area contributed by atoms with Gasteiger partial charge >= 0.3 is 0 Å². The highest BCUT2D eigenvalue weighted by molar-refractivity contribution is 7.80. The molecule has 0 fully saturated rings. The molecule has 4 heteroatoms. The molecule has 0 unspecified atom stereocenters. The van der Waals surface area contributed by atoms with Crippen LogP contribution in [0.2, 0.25) is 5.02 Å². The number of thiocarbonyl (C=S) groups is 1. The molecule has 20 heavy (non-hydrogen) atoms. The van der Waals surface area contributed by atoms with Crippen molar-refractivity contribution in [3.63, 3.8) is 0 Å². The van der Waals surface area contributed by atoms with E-state index >= 15 is 0 Å². The Morgan fingerprint density at radius 3 is 2.50 bits per heavy atom. The number of nitrogens with zero attached hydrogens (tertiary/aromatic N) is 1. The van der Waals surface area contributed by atoms with Crippen LogP contribution in [-0.4, -0.2) is 11.5 Å². The molecule has 2 N–H and O–H groups in total. The molecule has 0 aliphatic carbocycles. The predicted molar refractivity (Wildman–Crippen MR) is 91.2 cm³/mol. The van der Waals surface area contributed by atoms with Gasteiger partial charge in [0.1, 0.15) is 4.99 Å². The fourth-order valence-corrected chi connectivity index (χ4v) is 2.61. The molecule has 2 rings (SSSR count). The maximum atomic E-state index is 6.05. The molecule has 0 aliphatic heterocycles. The molecule has 0 aliphatic rings. The number of hydrogen-bond acceptors (Lipinski definition) is 2. The van der Waals surface area contributed by atoms with E-state index in [4.69, 9.17) is 29.6 Å². The Bertz CT molecular complexity index is 640. The van der Waals surface area contributed by atoms with Gasteiger partial charge in [-0.05, 0) is 43.7 Å². The Hall–Kier alpha value is -1.58. The lowest BCUT2D eigenvalue weighted by molar-refractivity contribution is 1.01. The van der Waals surface area contributed by atoms with Crippen molar-refractivity contribution in [3.8, 4) is 0 Å². The minimum Gasteiger partial charge on any atom is -0.389 e. The third kappa shape index (κ3) is 2.94. The molecule has 0 atom stereocenters. The molecule has 0 aromatic heterocycles. The zero-order valence-electron chi connectivity index (χ0n) is 11.6. The molecular weight excluding hydrogens is 288 g/mol. The first kappa shape index (κ1) is 14.8. The Kier molecular flexibility index (Phi) is 4.63. The Balaban J connectivity index is 2.58. The second-order valence-corrected chi connectivity index (χ2v) is 5.43. The highest BCUT2D eigenvalue weighted by atomic mass is 35.5. The third-order valence-electron chi connectivity index (χ3n) is 3.24. The van der Waals surface area contributed by atoms with Crippen molar-refractivity contribution < 1.29 is 0 Å². The summed E-state index contributed by atoms with van der Waals surface area (Å²) < 4.78 is 0. The average Bonchev–Trinajstić information content (AvgIpc) is 2.42. The van der Waals surface area contributed by atoms with Crippen LogP contribution in [0.1, 0.15) is 18.1 Å². The molecular formula is C16H17ClN2S. The minimum atomic E-state index is 0.356. The molecule has 0 saturated carbocycles. The number of anilines is 2. The highest BCUT2D eigenvalue weighted by Crippen LogP contribution is 2.32. The zero-order valence-corrected chi connectivity index (χ0v) is 13.1. The first-order valence-electron chi connectivity index (χ1n) is 6.47. The van der Waals surface area contributed by atoms with Crippen LogP contribution in [-0.2, 0) is 0 Å². The van der Waals surface area contributed by atoms with Crippen molar-refractivity contribution >= 4 is 40.2 Å². The fourth-order valence-electron chi connectivity index (χ4n) is 2.28. The van der Waals surface area contributed by atoms with E-state index in [0.29, 0.717) is 10.0 Å². The Morgan fingerprint density at radius 2 is 1.90 bits per heavy atom. The molecule has 0 spiro atoms. The average molecular weight is 305 g/mol. The van der Waals surface area contributed by atoms with Gasteiger partial charge in [-0.1, -0.05) is 42.0 Å². The quantitative estimate of drug-likeness (QED) is 0.847. The van der Waals surface area contributed by atoms with E-state index in [1.165, 1.54) is 5.56 Å². The van der Waals surface area contributed by atoms with Crippen LogP contribution < -0.4 is 10.6 Å². The number of hydrogen-bond donors (Lipinski definition) is 1. The van der Waals surface area contributed by atoms with Crippen LogP contribution in [0, 0.1) is 6.92 Å². The van der Waals surface area contributed by atoms with E-state index in [9.17, 15) is 0 Å². The van der Waals surface area contributed by atoms with Gasteiger partial charge in [0.25, 0.3) is 0 Å². The molecule has 0 bridgehead atoms. The van der Waals surface area contributed by atoms with Gasteiger partial charge in [0.15, 0.2) is 0 Å². The maximum Gasteiger partial charge on any atom is 0.106 e. The molecule has 0 amide bonds. The van der Waals surface area contributed by atoms with E-state index in [0.717, 1.165) is 23.5 Å². The van der Waals surface area contributed by atoms with Gasteiger partial charge in [0.05, 0.1) is 5.69 Å². The highest BCUT2D eigenvalue weighted by Gasteiger charge is 2.15. The van der Waals surface area contributed by atoms with Crippen LogP contribution in [0.4, 0.5) is 11.4 Å². The van der Waals surface area contributed by atoms with E-state index in [2.05, 4.69) is 30.9 Å². The summed E-state index contributed by atoms with van der Waals surface area (Å²) in [6.45, 7) is 5.01. The van der Waals surface area contributed by atoms with Crippen LogP contribution in [0.3, 0.4) is 0 Å². The van der Waals surface area contributed by atoms with Crippen LogP contribution in [0.5, 0.6) is 0 Å². The van der Waals surface area contributed by atoms with Gasteiger partial charge in [-0.2, -0.15) is 0 Å². The van der Waals surface area contributed by atoms with E-state index < -0.39 is 0 Å². The summed E-state index contributed by atoms with van der Waals surface area (Å²) in [6, 6.07) is 13.9. The standard InChI is InChI=1S/C16H17ClN2S/c1-3-19(14-7-5-4-6-11(14)2)15-9-8-12(17)10-13(15)16(18)20/h4-10H,3H2,1-2H3,(H2,18,20). The van der Waals surface area contributed by atoms with Crippen LogP contribution >= 0.6 is 23.8 Å². The number of para-hydroxylation sites is 1. The number of nitrogens with two attached hydrogens (primary N) is 1. The molecule has 2 aromatic carbocycles. The lowest BCUT2D eigenvalue weighted by Crippen LogP contribution is -2.22. The van der Waals surface area contributed by atoms with Crippen molar-refractivity contribution in [2.75, 3.05) is 11.4 Å². The van der Waals surface area contributed by atoms with Gasteiger partial charge in [-0.15, -0.1) is 0 Å². The van der Waals surface area contributed by atoms with E-state index in [1.54, 1.807) is 0 Å². The van der Waals surface area contributed by atoms with Gasteiger partial charge in [-0.3, -0.25) is 0 Å². The minimum absolute atomic E-state index is 0.356. The van der Waals surface area contributed by atoms with E-state index in [-0.39, 0.29) is 0 Å². The second-order valence-electron chi connectivity index (χ2n) is 4.56. The molecule has 0 saturated heterocycles. The predicted octanol–water partition coefficient (Wildman–Crippen LogP) is 4.44. The summed E-state index contributed by atoms with van der Waals surface area (Å²) in [4.78, 5) is 2.55. The van der Waals surface area contributed by atoms with Crippen molar-refractivity contribution in [1.29, 1.82) is 0 Å². The summed E-state index contributed by atoms with van der Waals surface area (Å²) >= 11 is 11.2. The number of benzene rings is 2. The van der Waals surface area contributed by atoms with Gasteiger partial charge in [0, 0.05) is 22.8 Å². The number of halogens is 1. The largest absolute Gasteiger partial charge is 0.389 e. The third-order valence-corrected chi connectivity index (χ3v) is 3.69. The van der Waals surface area contributed by atoms with Crippen molar-refractivity contribution in [1.82, 2.24) is 0 Å². The lowest BCUT2D eigenvalue weighted by Gasteiger charge is -2.27. The van der Waals surface area contributed by atoms with E-state index in [1.807, 2.05) is 30.3 Å². The topological polar surface area (TPSA) is 29.3 Å². The SMILES string of the molecule is CCN(c1ccccc1C)c1ccc(Cl)cc1C(N)=S. The van der Waals surface area contributed by atoms with Gasteiger partial charge in [0.2, 0.25) is 0 Å². The van der Waals surface area contributed by atoms with Crippen molar-refractivity contribution in [2.24, 2.45) is 5.73 Å². The number of rotatable bonds is 4. The first-order valence-corrected chi connectivity index (χ1v) is 7.25. The number of aryl methyl sites for hydroxylation is 1. The van der Waals surface area contributed by atoms with Crippen molar-refractivity contribution in [2.45, 2.75) is 13.8 Å². The summed E-state index contributed by atoms with van der Waals surface area (Å²) in [5.41, 5.74) is 9.98. The van der Waals surface area contributed by atoms with Crippen LogP contribution in [0.25, 0.3) is 0 Å². The molecule has 0 heterocycles. The molecule has 2 aromatic rings. The molecule has 0 radical (unpaired) electrons. The van der Waals surface area contributed by atoms with Gasteiger partial charge < -0.3 is 10.6 Å². The summed E-state index contributed by atoms with van der Waals surface area (Å²) in [6.07, 6.45) is 0. The molecule has 104 valence electrons. The monoisotopic (exact) mass is 304 g/mol. The van der Waals surface area contributed by atoms with Gasteiger partial charge in [-0.25, -0.2) is 0 Å². The Morgan fingerprint density at radius 1 is 1.20 bits per heavy atom. The second kappa shape index (κ2) is 6.25. The first-order chi connectivity index (χ1) is 9.54. The summed E-state index contributed by atoms with van der Waals surface area (Å²) in [7, 11) is 0. The molecule has 2 nitrogen and oxygen atoms in total. The summed E-state index contributed by atoms with van der Waals surface area (Å²) in [5.74, 6) is 0. The fraction of sp³-hybridized carbons (Fsp3) is 0.188. The zero-order chi connectivity index (χ0) is 14.7. The Labute approximate surface area is 130 Å². The maximum absolute atomic E-state index is 6.05.